The van der Waals surface area contributed by atoms with E-state index in [0.29, 0.717) is 5.75 Å². The van der Waals surface area contributed by atoms with Gasteiger partial charge >= 0.3 is 0 Å². The number of methoxy groups -OCH3 is 2. The lowest BCUT2D eigenvalue weighted by atomic mass is 10.1. The highest BCUT2D eigenvalue weighted by Crippen LogP contribution is 2.33. The first-order valence-electron chi connectivity index (χ1n) is 6.37. The fourth-order valence-corrected chi connectivity index (χ4v) is 2.55. The average Bonchev–Trinajstić information content (AvgIpc) is 2.53. The van der Waals surface area contributed by atoms with Crippen LogP contribution in [0.15, 0.2) is 47.1 Å². The summed E-state index contributed by atoms with van der Waals surface area (Å²) in [6.07, 6.45) is 0. The summed E-state index contributed by atoms with van der Waals surface area (Å²) in [6, 6.07) is 13.4. The first-order chi connectivity index (χ1) is 10.2. The fourth-order valence-electron chi connectivity index (χ4n) is 2.20. The molecule has 3 rings (SSSR count). The van der Waals surface area contributed by atoms with Crippen molar-refractivity contribution in [3.8, 4) is 22.9 Å². The van der Waals surface area contributed by atoms with Crippen molar-refractivity contribution in [1.82, 2.24) is 9.97 Å². The molecule has 0 amide bonds. The van der Waals surface area contributed by atoms with E-state index in [0.717, 1.165) is 32.6 Å². The first kappa shape index (κ1) is 13.8. The molecule has 2 aromatic heterocycles. The summed E-state index contributed by atoms with van der Waals surface area (Å²) in [5, 5.41) is 0.913. The van der Waals surface area contributed by atoms with E-state index in [-0.39, 0.29) is 0 Å². The predicted molar refractivity (Wildman–Crippen MR) is 85.8 cm³/mol. The summed E-state index contributed by atoms with van der Waals surface area (Å²) in [5.41, 5.74) is 2.35. The van der Waals surface area contributed by atoms with Gasteiger partial charge in [-0.25, -0.2) is 9.97 Å². The number of nitrogens with zero attached hydrogens (tertiary/aromatic N) is 2. The largest absolute Gasteiger partial charge is 0.496 e. The molecule has 0 aliphatic heterocycles. The van der Waals surface area contributed by atoms with Gasteiger partial charge in [-0.2, -0.15) is 0 Å². The molecule has 0 fully saturated rings. The minimum absolute atomic E-state index is 0.711. The molecule has 0 atom stereocenters. The zero-order valence-corrected chi connectivity index (χ0v) is 13.2. The SMILES string of the molecule is COc1ccc(OC)c2nc(-c3cccc(Br)n3)ccc12. The summed E-state index contributed by atoms with van der Waals surface area (Å²) < 4.78 is 11.5. The lowest BCUT2D eigenvalue weighted by Crippen LogP contribution is -1.94. The van der Waals surface area contributed by atoms with Crippen molar-refractivity contribution in [3.05, 3.63) is 47.1 Å². The molecule has 0 unspecified atom stereocenters. The van der Waals surface area contributed by atoms with Gasteiger partial charge in [0.05, 0.1) is 25.6 Å². The van der Waals surface area contributed by atoms with Crippen LogP contribution in [0.1, 0.15) is 0 Å². The van der Waals surface area contributed by atoms with Gasteiger partial charge in [-0.05, 0) is 52.3 Å². The van der Waals surface area contributed by atoms with Crippen LogP contribution in [0.4, 0.5) is 0 Å². The van der Waals surface area contributed by atoms with Gasteiger partial charge in [0, 0.05) is 5.39 Å². The third kappa shape index (κ3) is 2.56. The van der Waals surface area contributed by atoms with E-state index in [1.54, 1.807) is 14.2 Å². The maximum atomic E-state index is 5.39. The molecular formula is C16H13BrN2O2. The van der Waals surface area contributed by atoms with E-state index in [4.69, 9.17) is 9.47 Å². The van der Waals surface area contributed by atoms with Crippen molar-refractivity contribution < 1.29 is 9.47 Å². The van der Waals surface area contributed by atoms with Gasteiger partial charge in [-0.3, -0.25) is 0 Å². The summed E-state index contributed by atoms with van der Waals surface area (Å²) in [4.78, 5) is 9.11. The number of benzene rings is 1. The monoisotopic (exact) mass is 344 g/mol. The van der Waals surface area contributed by atoms with Crippen LogP contribution in [0.2, 0.25) is 0 Å². The summed E-state index contributed by atoms with van der Waals surface area (Å²) >= 11 is 3.38. The quantitative estimate of drug-likeness (QED) is 0.671. The Hall–Kier alpha value is -2.14. The molecule has 1 aromatic carbocycles. The zero-order chi connectivity index (χ0) is 14.8. The highest BCUT2D eigenvalue weighted by atomic mass is 79.9. The van der Waals surface area contributed by atoms with E-state index in [1.165, 1.54) is 0 Å². The Kier molecular flexibility index (Phi) is 3.75. The second kappa shape index (κ2) is 5.69. The molecule has 0 spiro atoms. The van der Waals surface area contributed by atoms with Gasteiger partial charge in [0.15, 0.2) is 0 Å². The Labute approximate surface area is 130 Å². The molecule has 0 aliphatic rings. The minimum atomic E-state index is 0.711. The summed E-state index contributed by atoms with van der Waals surface area (Å²) in [6.45, 7) is 0. The maximum Gasteiger partial charge on any atom is 0.145 e. The lowest BCUT2D eigenvalue weighted by Gasteiger charge is -2.10. The Morgan fingerprint density at radius 3 is 2.24 bits per heavy atom. The highest BCUT2D eigenvalue weighted by molar-refractivity contribution is 9.10. The Morgan fingerprint density at radius 1 is 0.810 bits per heavy atom. The summed E-state index contributed by atoms with van der Waals surface area (Å²) in [5.74, 6) is 1.48. The van der Waals surface area contributed by atoms with Gasteiger partial charge in [0.1, 0.15) is 21.6 Å². The van der Waals surface area contributed by atoms with E-state index in [9.17, 15) is 0 Å². The Bertz CT molecular complexity index is 805. The number of rotatable bonds is 3. The third-order valence-electron chi connectivity index (χ3n) is 3.20. The van der Waals surface area contributed by atoms with Crippen molar-refractivity contribution in [2.75, 3.05) is 14.2 Å². The molecule has 5 heteroatoms. The molecule has 0 radical (unpaired) electrons. The van der Waals surface area contributed by atoms with Crippen molar-refractivity contribution >= 4 is 26.8 Å². The van der Waals surface area contributed by atoms with Crippen LogP contribution in [0.3, 0.4) is 0 Å². The van der Waals surface area contributed by atoms with E-state index in [1.807, 2.05) is 42.5 Å². The van der Waals surface area contributed by atoms with Crippen LogP contribution >= 0.6 is 15.9 Å². The number of fused-ring (bicyclic) bond motifs is 1. The molecule has 21 heavy (non-hydrogen) atoms. The third-order valence-corrected chi connectivity index (χ3v) is 3.64. The van der Waals surface area contributed by atoms with Crippen LogP contribution in [0.25, 0.3) is 22.3 Å². The number of hydrogen-bond acceptors (Lipinski definition) is 4. The molecular weight excluding hydrogens is 332 g/mol. The van der Waals surface area contributed by atoms with Crippen LogP contribution in [0, 0.1) is 0 Å². The van der Waals surface area contributed by atoms with Crippen molar-refractivity contribution in [2.45, 2.75) is 0 Å². The molecule has 3 aromatic rings. The number of pyridine rings is 2. The van der Waals surface area contributed by atoms with Crippen molar-refractivity contribution in [3.63, 3.8) is 0 Å². The van der Waals surface area contributed by atoms with Crippen LogP contribution in [-0.4, -0.2) is 24.2 Å². The maximum absolute atomic E-state index is 5.39. The van der Waals surface area contributed by atoms with Crippen LogP contribution < -0.4 is 9.47 Å². The molecule has 4 nitrogen and oxygen atoms in total. The smallest absolute Gasteiger partial charge is 0.145 e. The highest BCUT2D eigenvalue weighted by Gasteiger charge is 2.11. The molecule has 0 bridgehead atoms. The molecule has 0 saturated heterocycles. The van der Waals surface area contributed by atoms with Gasteiger partial charge in [-0.15, -0.1) is 0 Å². The van der Waals surface area contributed by atoms with E-state index < -0.39 is 0 Å². The lowest BCUT2D eigenvalue weighted by molar-refractivity contribution is 0.410. The van der Waals surface area contributed by atoms with Crippen molar-refractivity contribution in [2.24, 2.45) is 0 Å². The fraction of sp³-hybridized carbons (Fsp3) is 0.125. The Balaban J connectivity index is 2.23. The van der Waals surface area contributed by atoms with Gasteiger partial charge in [-0.1, -0.05) is 6.07 Å². The van der Waals surface area contributed by atoms with E-state index in [2.05, 4.69) is 25.9 Å². The molecule has 0 N–H and O–H groups in total. The standard InChI is InChI=1S/C16H13BrN2O2/c1-20-13-8-9-14(21-2)16-10(13)6-7-12(19-16)11-4-3-5-15(17)18-11/h3-9H,1-2H3. The predicted octanol–water partition coefficient (Wildman–Crippen LogP) is 4.08. The molecule has 0 saturated carbocycles. The number of ether oxygens (including phenoxy) is 2. The van der Waals surface area contributed by atoms with Crippen LogP contribution in [0.5, 0.6) is 11.5 Å². The Morgan fingerprint density at radius 2 is 1.52 bits per heavy atom. The van der Waals surface area contributed by atoms with Crippen molar-refractivity contribution in [1.29, 1.82) is 0 Å². The second-order valence-corrected chi connectivity index (χ2v) is 5.22. The number of halogens is 1. The number of hydrogen-bond donors (Lipinski definition) is 0. The average molecular weight is 345 g/mol. The first-order valence-corrected chi connectivity index (χ1v) is 7.17. The molecule has 2 heterocycles. The normalized spacial score (nSPS) is 10.6. The van der Waals surface area contributed by atoms with E-state index >= 15 is 0 Å². The molecule has 106 valence electrons. The topological polar surface area (TPSA) is 44.2 Å². The second-order valence-electron chi connectivity index (χ2n) is 4.41. The van der Waals surface area contributed by atoms with Gasteiger partial charge in [0.25, 0.3) is 0 Å². The van der Waals surface area contributed by atoms with Gasteiger partial charge < -0.3 is 9.47 Å². The zero-order valence-electron chi connectivity index (χ0n) is 11.6. The minimum Gasteiger partial charge on any atom is -0.496 e. The number of aromatic nitrogens is 2. The van der Waals surface area contributed by atoms with Gasteiger partial charge in [0.2, 0.25) is 0 Å². The summed E-state index contributed by atoms with van der Waals surface area (Å²) in [7, 11) is 3.28. The molecule has 0 aliphatic carbocycles. The van der Waals surface area contributed by atoms with Crippen LogP contribution in [-0.2, 0) is 0 Å².